The van der Waals surface area contributed by atoms with E-state index in [1.807, 2.05) is 84.9 Å². The van der Waals surface area contributed by atoms with E-state index in [-0.39, 0.29) is 17.2 Å². The van der Waals surface area contributed by atoms with Crippen LogP contribution >= 0.6 is 0 Å². The summed E-state index contributed by atoms with van der Waals surface area (Å²) in [4.78, 5) is 20.5. The number of hydrogen-bond acceptors (Lipinski definition) is 4. The minimum absolute atomic E-state index is 0.0675. The summed E-state index contributed by atoms with van der Waals surface area (Å²) in [7, 11) is 0. The van der Waals surface area contributed by atoms with E-state index in [4.69, 9.17) is 4.74 Å². The van der Waals surface area contributed by atoms with Crippen molar-refractivity contribution in [3.63, 3.8) is 0 Å². The number of aromatic nitrogens is 1. The smallest absolute Gasteiger partial charge is 0.261 e. The highest BCUT2D eigenvalue weighted by Crippen LogP contribution is 2.48. The Bertz CT molecular complexity index is 1520. The first-order valence-corrected chi connectivity index (χ1v) is 11.5. The zero-order chi connectivity index (χ0) is 23.8. The summed E-state index contributed by atoms with van der Waals surface area (Å²) >= 11 is 0. The van der Waals surface area contributed by atoms with Crippen molar-refractivity contribution < 1.29 is 14.6 Å². The van der Waals surface area contributed by atoms with Gasteiger partial charge >= 0.3 is 0 Å². The Morgan fingerprint density at radius 1 is 0.771 bits per heavy atom. The number of fused-ring (bicyclic) bond motifs is 3. The van der Waals surface area contributed by atoms with Crippen LogP contribution in [-0.2, 0) is 0 Å². The molecule has 0 aliphatic carbocycles. The van der Waals surface area contributed by atoms with E-state index in [1.54, 1.807) is 29.3 Å². The lowest BCUT2D eigenvalue weighted by Crippen LogP contribution is -2.44. The van der Waals surface area contributed by atoms with Crippen molar-refractivity contribution >= 4 is 16.8 Å². The molecule has 0 saturated carbocycles. The fourth-order valence-electron chi connectivity index (χ4n) is 4.77. The number of pyridine rings is 1. The number of rotatable bonds is 3. The van der Waals surface area contributed by atoms with Crippen LogP contribution in [0.2, 0.25) is 0 Å². The van der Waals surface area contributed by atoms with Gasteiger partial charge in [0.15, 0.2) is 5.75 Å². The highest BCUT2D eigenvalue weighted by Gasteiger charge is 2.42. The summed E-state index contributed by atoms with van der Waals surface area (Å²) in [5.74, 6) is 0.270. The number of amides is 1. The third-order valence-electron chi connectivity index (χ3n) is 6.38. The first-order valence-electron chi connectivity index (χ1n) is 11.5. The molecule has 0 spiro atoms. The summed E-state index contributed by atoms with van der Waals surface area (Å²) in [6.45, 7) is 0. The number of phenols is 1. The molecule has 170 valence electrons. The van der Waals surface area contributed by atoms with E-state index < -0.39 is 12.3 Å². The van der Waals surface area contributed by atoms with Crippen molar-refractivity contribution in [1.82, 2.24) is 9.88 Å². The molecule has 1 N–H and O–H groups in total. The number of benzene rings is 4. The number of para-hydroxylation sites is 1. The summed E-state index contributed by atoms with van der Waals surface area (Å²) in [6.07, 6.45) is 1.02. The highest BCUT2D eigenvalue weighted by atomic mass is 16.5. The second-order valence-corrected chi connectivity index (χ2v) is 8.48. The number of carbonyl (C=O) groups excluding carboxylic acids is 1. The molecule has 0 bridgehead atoms. The van der Waals surface area contributed by atoms with Gasteiger partial charge < -0.3 is 9.84 Å². The maximum absolute atomic E-state index is 14.1. The Labute approximate surface area is 202 Å². The maximum Gasteiger partial charge on any atom is 0.261 e. The summed E-state index contributed by atoms with van der Waals surface area (Å²) in [6, 6.07) is 33.6. The molecule has 5 aromatic rings. The Kier molecular flexibility index (Phi) is 5.15. The molecule has 1 aromatic heterocycles. The van der Waals surface area contributed by atoms with Crippen LogP contribution in [0.4, 0.5) is 0 Å². The summed E-state index contributed by atoms with van der Waals surface area (Å²) in [5.41, 5.74) is 3.59. The van der Waals surface area contributed by atoms with Crippen LogP contribution in [0.15, 0.2) is 115 Å². The van der Waals surface area contributed by atoms with Crippen LogP contribution in [0.25, 0.3) is 10.9 Å². The van der Waals surface area contributed by atoms with Gasteiger partial charge in [-0.1, -0.05) is 91.0 Å². The fraction of sp³-hybridized carbons (Fsp3) is 0.0667. The Morgan fingerprint density at radius 3 is 2.20 bits per heavy atom. The second-order valence-electron chi connectivity index (χ2n) is 8.48. The van der Waals surface area contributed by atoms with E-state index in [0.29, 0.717) is 5.75 Å². The van der Waals surface area contributed by atoms with Gasteiger partial charge in [-0.15, -0.1) is 0 Å². The third-order valence-corrected chi connectivity index (χ3v) is 6.38. The minimum atomic E-state index is -0.728. The Hall–Kier alpha value is -4.64. The van der Waals surface area contributed by atoms with E-state index in [1.165, 1.54) is 6.07 Å². The van der Waals surface area contributed by atoms with Crippen LogP contribution in [0.3, 0.4) is 0 Å². The van der Waals surface area contributed by atoms with Gasteiger partial charge in [-0.3, -0.25) is 14.7 Å². The standard InChI is InChI=1S/C30H22N2O3/c33-25-16-8-7-15-23(25)29(34)32-27(21-10-3-1-4-11-21)24-18-17-20-14-9-19-31-26(20)28(24)35-30(32)22-12-5-2-6-13-22/h1-19,27,30,33H/t27-,30-/m0/s1. The Morgan fingerprint density at radius 2 is 1.46 bits per heavy atom. The van der Waals surface area contributed by atoms with Gasteiger partial charge in [0, 0.05) is 22.7 Å². The average molecular weight is 459 g/mol. The molecular weight excluding hydrogens is 436 g/mol. The average Bonchev–Trinajstić information content (AvgIpc) is 2.92. The van der Waals surface area contributed by atoms with Gasteiger partial charge in [-0.05, 0) is 23.8 Å². The van der Waals surface area contributed by atoms with Gasteiger partial charge in [0.1, 0.15) is 11.3 Å². The molecule has 5 heteroatoms. The van der Waals surface area contributed by atoms with Gasteiger partial charge in [-0.2, -0.15) is 0 Å². The number of nitrogens with zero attached hydrogens (tertiary/aromatic N) is 2. The molecule has 0 radical (unpaired) electrons. The fourth-order valence-corrected chi connectivity index (χ4v) is 4.77. The van der Waals surface area contributed by atoms with E-state index in [2.05, 4.69) is 4.98 Å². The van der Waals surface area contributed by atoms with Gasteiger partial charge in [0.05, 0.1) is 11.6 Å². The molecule has 0 saturated heterocycles. The highest BCUT2D eigenvalue weighted by molar-refractivity contribution is 5.98. The van der Waals surface area contributed by atoms with E-state index in [0.717, 1.165) is 27.6 Å². The molecule has 0 fully saturated rings. The van der Waals surface area contributed by atoms with Crippen LogP contribution in [0.1, 0.15) is 39.3 Å². The van der Waals surface area contributed by atoms with Crippen LogP contribution < -0.4 is 4.74 Å². The molecule has 1 aliphatic rings. The molecule has 2 atom stereocenters. The van der Waals surface area contributed by atoms with Crippen LogP contribution in [-0.4, -0.2) is 20.9 Å². The van der Waals surface area contributed by atoms with Crippen molar-refractivity contribution in [2.75, 3.05) is 0 Å². The first kappa shape index (κ1) is 20.9. The topological polar surface area (TPSA) is 62.7 Å². The molecule has 4 aromatic carbocycles. The lowest BCUT2D eigenvalue weighted by Gasteiger charge is -2.43. The molecule has 2 heterocycles. The van der Waals surface area contributed by atoms with Gasteiger partial charge in [0.2, 0.25) is 6.23 Å². The monoisotopic (exact) mass is 458 g/mol. The van der Waals surface area contributed by atoms with Crippen molar-refractivity contribution in [3.05, 3.63) is 138 Å². The minimum Gasteiger partial charge on any atom is -0.507 e. The van der Waals surface area contributed by atoms with Crippen molar-refractivity contribution in [2.45, 2.75) is 12.3 Å². The van der Waals surface area contributed by atoms with E-state index >= 15 is 0 Å². The quantitative estimate of drug-likeness (QED) is 0.346. The molecular formula is C30H22N2O3. The van der Waals surface area contributed by atoms with Gasteiger partial charge in [0.25, 0.3) is 5.91 Å². The van der Waals surface area contributed by atoms with Crippen LogP contribution in [0, 0.1) is 0 Å². The zero-order valence-electron chi connectivity index (χ0n) is 18.8. The maximum atomic E-state index is 14.1. The number of carbonyl (C=O) groups is 1. The summed E-state index contributed by atoms with van der Waals surface area (Å²) in [5, 5.41) is 11.5. The number of hydrogen-bond donors (Lipinski definition) is 1. The SMILES string of the molecule is O=C(c1ccccc1O)N1[C@@H](c2ccccc2)c2ccc3cccnc3c2O[C@H]1c1ccccc1. The number of ether oxygens (including phenoxy) is 1. The predicted octanol–water partition coefficient (Wildman–Crippen LogP) is 6.26. The number of phenolic OH excluding ortho intramolecular Hbond substituents is 1. The van der Waals surface area contributed by atoms with Gasteiger partial charge in [-0.25, -0.2) is 0 Å². The largest absolute Gasteiger partial charge is 0.507 e. The normalized spacial score (nSPS) is 17.0. The molecule has 1 aliphatic heterocycles. The first-order chi connectivity index (χ1) is 17.2. The molecule has 5 nitrogen and oxygen atoms in total. The molecule has 35 heavy (non-hydrogen) atoms. The summed E-state index contributed by atoms with van der Waals surface area (Å²) < 4.78 is 6.64. The van der Waals surface area contributed by atoms with Crippen molar-refractivity contribution in [2.24, 2.45) is 0 Å². The molecule has 0 unspecified atom stereocenters. The van der Waals surface area contributed by atoms with E-state index in [9.17, 15) is 9.90 Å². The van der Waals surface area contributed by atoms with Crippen molar-refractivity contribution in [1.29, 1.82) is 0 Å². The molecule has 1 amide bonds. The molecule has 6 rings (SSSR count). The van der Waals surface area contributed by atoms with Crippen molar-refractivity contribution in [3.8, 4) is 11.5 Å². The lowest BCUT2D eigenvalue weighted by molar-refractivity contribution is -0.00750. The third kappa shape index (κ3) is 3.58. The zero-order valence-corrected chi connectivity index (χ0v) is 18.8. The van der Waals surface area contributed by atoms with Crippen LogP contribution in [0.5, 0.6) is 11.5 Å². The Balaban J connectivity index is 1.64. The predicted molar refractivity (Wildman–Crippen MR) is 134 cm³/mol. The lowest BCUT2D eigenvalue weighted by atomic mass is 9.91. The second kappa shape index (κ2) is 8.61. The number of aromatic hydroxyl groups is 1.